The molecule has 6 nitrogen and oxygen atoms in total. The Morgan fingerprint density at radius 2 is 1.69 bits per heavy atom. The number of ketones is 1. The molecule has 1 saturated heterocycles. The van der Waals surface area contributed by atoms with Crippen LogP contribution in [0.25, 0.3) is 11.4 Å². The number of ether oxygens (including phenoxy) is 1. The van der Waals surface area contributed by atoms with Gasteiger partial charge in [0.1, 0.15) is 11.9 Å². The molecule has 2 saturated carbocycles. The Bertz CT molecular complexity index is 1240. The summed E-state index contributed by atoms with van der Waals surface area (Å²) in [4.78, 5) is 17.2. The van der Waals surface area contributed by atoms with Crippen molar-refractivity contribution in [1.29, 1.82) is 0 Å². The zero-order valence-electron chi connectivity index (χ0n) is 20.8. The van der Waals surface area contributed by atoms with Gasteiger partial charge in [0, 0.05) is 29.3 Å². The molecular weight excluding hydrogens is 448 g/mol. The van der Waals surface area contributed by atoms with E-state index in [0.29, 0.717) is 0 Å². The van der Waals surface area contributed by atoms with Gasteiger partial charge in [-0.3, -0.25) is 4.79 Å². The van der Waals surface area contributed by atoms with Crippen LogP contribution in [-0.4, -0.2) is 44.9 Å². The molecular formula is C30H34N4O2. The molecule has 6 heteroatoms. The molecule has 3 fully saturated rings. The van der Waals surface area contributed by atoms with Crippen LogP contribution in [0.3, 0.4) is 0 Å². The Labute approximate surface area is 213 Å². The first-order valence-electron chi connectivity index (χ1n) is 13.5. The van der Waals surface area contributed by atoms with Crippen molar-refractivity contribution in [3.63, 3.8) is 0 Å². The van der Waals surface area contributed by atoms with Crippen molar-refractivity contribution in [3.05, 3.63) is 77.6 Å². The molecule has 0 bridgehead atoms. The van der Waals surface area contributed by atoms with Crippen LogP contribution in [0.2, 0.25) is 0 Å². The number of benzene rings is 2. The smallest absolute Gasteiger partial charge is 0.166 e. The van der Waals surface area contributed by atoms with E-state index in [1.807, 2.05) is 30.3 Å². The second-order valence-corrected chi connectivity index (χ2v) is 10.3. The number of hydrogen-bond donors (Lipinski definition) is 0. The van der Waals surface area contributed by atoms with E-state index in [2.05, 4.69) is 33.3 Å². The minimum Gasteiger partial charge on any atom is -0.489 e. The molecule has 1 atom stereocenters. The van der Waals surface area contributed by atoms with Gasteiger partial charge in [0.2, 0.25) is 0 Å². The van der Waals surface area contributed by atoms with Crippen molar-refractivity contribution in [2.75, 3.05) is 13.1 Å². The van der Waals surface area contributed by atoms with E-state index in [1.165, 1.54) is 36.1 Å². The average molecular weight is 483 g/mol. The first-order valence-corrected chi connectivity index (χ1v) is 13.5. The van der Waals surface area contributed by atoms with E-state index in [0.717, 1.165) is 68.6 Å². The van der Waals surface area contributed by atoms with Gasteiger partial charge in [-0.15, -0.1) is 0 Å². The van der Waals surface area contributed by atoms with Gasteiger partial charge in [0.25, 0.3) is 0 Å². The minimum atomic E-state index is 0.0845. The molecule has 0 N–H and O–H groups in total. The van der Waals surface area contributed by atoms with Gasteiger partial charge in [0.15, 0.2) is 5.78 Å². The van der Waals surface area contributed by atoms with Crippen molar-refractivity contribution >= 4 is 11.5 Å². The molecule has 0 amide bonds. The number of para-hydroxylation sites is 1. The highest BCUT2D eigenvalue weighted by Crippen LogP contribution is 2.39. The molecule has 2 heterocycles. The van der Waals surface area contributed by atoms with Crippen molar-refractivity contribution in [1.82, 2.24) is 19.9 Å². The van der Waals surface area contributed by atoms with Crippen LogP contribution in [0.15, 0.2) is 66.5 Å². The molecule has 2 aliphatic carbocycles. The van der Waals surface area contributed by atoms with E-state index in [1.54, 1.807) is 17.2 Å². The second kappa shape index (κ2) is 10.3. The maximum Gasteiger partial charge on any atom is 0.166 e. The van der Waals surface area contributed by atoms with Crippen LogP contribution in [-0.2, 0) is 0 Å². The minimum absolute atomic E-state index is 0.0845. The molecule has 0 radical (unpaired) electrons. The molecule has 3 aliphatic rings. The van der Waals surface area contributed by atoms with Crippen molar-refractivity contribution in [3.8, 4) is 11.4 Å². The van der Waals surface area contributed by atoms with Gasteiger partial charge in [-0.1, -0.05) is 43.2 Å². The van der Waals surface area contributed by atoms with E-state index in [-0.39, 0.29) is 17.8 Å². The third kappa shape index (κ3) is 4.69. The van der Waals surface area contributed by atoms with Crippen LogP contribution in [0.4, 0.5) is 0 Å². The average Bonchev–Trinajstić information content (AvgIpc) is 3.61. The molecule has 186 valence electrons. The fraction of sp³-hybridized carbons (Fsp3) is 0.433. The fourth-order valence-electron chi connectivity index (χ4n) is 5.94. The number of carbonyl (C=O) groups excluding carboxylic acids is 1. The van der Waals surface area contributed by atoms with Crippen molar-refractivity contribution in [2.24, 2.45) is 5.92 Å². The van der Waals surface area contributed by atoms with Crippen LogP contribution < -0.4 is 4.74 Å². The maximum absolute atomic E-state index is 13.0. The summed E-state index contributed by atoms with van der Waals surface area (Å²) in [6.45, 7) is 1.85. The lowest BCUT2D eigenvalue weighted by Gasteiger charge is -2.39. The molecule has 0 spiro atoms. The Balaban J connectivity index is 1.23. The largest absolute Gasteiger partial charge is 0.489 e. The SMILES string of the molecule is O=C(c1cccc(OC2CCCN(C(=C3CCC3)c3ccccc3-n3nccn3)C2)c1)C1CCCC1. The zero-order valence-corrected chi connectivity index (χ0v) is 20.8. The Morgan fingerprint density at radius 1 is 0.889 bits per heavy atom. The lowest BCUT2D eigenvalue weighted by Crippen LogP contribution is -2.41. The number of carbonyl (C=O) groups is 1. The highest BCUT2D eigenvalue weighted by molar-refractivity contribution is 5.98. The van der Waals surface area contributed by atoms with Gasteiger partial charge in [-0.2, -0.15) is 15.0 Å². The van der Waals surface area contributed by atoms with Crippen LogP contribution in [0.5, 0.6) is 5.75 Å². The number of aromatic nitrogens is 3. The van der Waals surface area contributed by atoms with Crippen LogP contribution in [0, 0.1) is 5.92 Å². The number of nitrogens with zero attached hydrogens (tertiary/aromatic N) is 4. The summed E-state index contributed by atoms with van der Waals surface area (Å²) in [5.41, 5.74) is 5.84. The molecule has 1 aromatic heterocycles. The molecule has 3 aromatic rings. The normalized spacial score (nSPS) is 20.3. The van der Waals surface area contributed by atoms with E-state index >= 15 is 0 Å². The number of piperidine rings is 1. The van der Waals surface area contributed by atoms with Gasteiger partial charge in [-0.05, 0) is 68.7 Å². The highest BCUT2D eigenvalue weighted by atomic mass is 16.5. The first-order chi connectivity index (χ1) is 17.8. The van der Waals surface area contributed by atoms with Crippen molar-refractivity contribution in [2.45, 2.75) is 63.9 Å². The highest BCUT2D eigenvalue weighted by Gasteiger charge is 2.29. The van der Waals surface area contributed by atoms with Crippen LogP contribution >= 0.6 is 0 Å². The zero-order chi connectivity index (χ0) is 24.3. The number of hydrogen-bond acceptors (Lipinski definition) is 5. The number of rotatable bonds is 7. The lowest BCUT2D eigenvalue weighted by atomic mass is 9.86. The topological polar surface area (TPSA) is 60.2 Å². The predicted molar refractivity (Wildman–Crippen MR) is 140 cm³/mol. The van der Waals surface area contributed by atoms with Gasteiger partial charge >= 0.3 is 0 Å². The number of Topliss-reactive ketones (excluding diaryl/α,β-unsaturated/α-hetero) is 1. The van der Waals surface area contributed by atoms with E-state index in [9.17, 15) is 4.79 Å². The fourth-order valence-corrected chi connectivity index (χ4v) is 5.94. The predicted octanol–water partition coefficient (Wildman–Crippen LogP) is 6.08. The summed E-state index contributed by atoms with van der Waals surface area (Å²) < 4.78 is 6.51. The summed E-state index contributed by atoms with van der Waals surface area (Å²) in [6.07, 6.45) is 13.5. The van der Waals surface area contributed by atoms with Crippen molar-refractivity contribution < 1.29 is 9.53 Å². The molecule has 2 aromatic carbocycles. The van der Waals surface area contributed by atoms with Gasteiger partial charge in [0.05, 0.1) is 24.6 Å². The Morgan fingerprint density at radius 3 is 2.47 bits per heavy atom. The summed E-state index contributed by atoms with van der Waals surface area (Å²) in [5.74, 6) is 1.28. The summed E-state index contributed by atoms with van der Waals surface area (Å²) in [7, 11) is 0. The number of likely N-dealkylation sites (tertiary alicyclic amines) is 1. The first kappa shape index (κ1) is 23.0. The maximum atomic E-state index is 13.0. The standard InChI is InChI=1S/C30H34N4O2/c35-30(23-8-1-2-9-23)24-12-6-13-25(20-24)36-26-14-7-19-33(21-26)29(22-10-5-11-22)27-15-3-4-16-28(27)34-31-17-18-32-34/h3-4,6,12-13,15-18,20,23,26H,1-2,5,7-11,14,19,21H2. The number of allylic oxidation sites excluding steroid dienone is 1. The second-order valence-electron chi connectivity index (χ2n) is 10.3. The van der Waals surface area contributed by atoms with Gasteiger partial charge < -0.3 is 9.64 Å². The quantitative estimate of drug-likeness (QED) is 0.382. The monoisotopic (exact) mass is 482 g/mol. The Kier molecular flexibility index (Phi) is 6.58. The summed E-state index contributed by atoms with van der Waals surface area (Å²) >= 11 is 0. The van der Waals surface area contributed by atoms with Gasteiger partial charge in [-0.25, -0.2) is 0 Å². The summed E-state index contributed by atoms with van der Waals surface area (Å²) in [6, 6.07) is 16.3. The summed E-state index contributed by atoms with van der Waals surface area (Å²) in [5, 5.41) is 8.82. The van der Waals surface area contributed by atoms with E-state index < -0.39 is 0 Å². The lowest BCUT2D eigenvalue weighted by molar-refractivity contribution is 0.0920. The molecule has 36 heavy (non-hydrogen) atoms. The Hall–Kier alpha value is -3.41. The molecule has 6 rings (SSSR count). The van der Waals surface area contributed by atoms with E-state index in [4.69, 9.17) is 4.74 Å². The third-order valence-electron chi connectivity index (χ3n) is 7.93. The van der Waals surface area contributed by atoms with Crippen LogP contribution in [0.1, 0.15) is 73.7 Å². The molecule has 1 unspecified atom stereocenters. The molecule has 1 aliphatic heterocycles. The third-order valence-corrected chi connectivity index (χ3v) is 7.93.